The van der Waals surface area contributed by atoms with Gasteiger partial charge in [0.1, 0.15) is 0 Å². The van der Waals surface area contributed by atoms with Gasteiger partial charge in [0.15, 0.2) is 0 Å². The molecular formula is C14H27ClN2O. The second kappa shape index (κ2) is 8.00. The lowest BCUT2D eigenvalue weighted by Gasteiger charge is -2.32. The number of hydrogen-bond donors (Lipinski definition) is 1. The van der Waals surface area contributed by atoms with Gasteiger partial charge in [-0.2, -0.15) is 0 Å². The molecule has 1 heterocycles. The molecule has 1 saturated heterocycles. The third kappa shape index (κ3) is 4.13. The van der Waals surface area contributed by atoms with Crippen molar-refractivity contribution in [3.05, 3.63) is 0 Å². The Labute approximate surface area is 117 Å². The molecule has 1 amide bonds. The Balaban J connectivity index is 0.00000162. The summed E-state index contributed by atoms with van der Waals surface area (Å²) in [5.41, 5.74) is 0. The van der Waals surface area contributed by atoms with E-state index in [2.05, 4.69) is 10.2 Å². The van der Waals surface area contributed by atoms with Gasteiger partial charge in [0.25, 0.3) is 0 Å². The van der Waals surface area contributed by atoms with Crippen molar-refractivity contribution in [2.45, 2.75) is 57.4 Å². The Hall–Kier alpha value is -0.280. The van der Waals surface area contributed by atoms with Crippen LogP contribution in [0.3, 0.4) is 0 Å². The minimum absolute atomic E-state index is 0. The van der Waals surface area contributed by atoms with E-state index in [1.807, 2.05) is 7.05 Å². The summed E-state index contributed by atoms with van der Waals surface area (Å²) in [4.78, 5) is 14.5. The van der Waals surface area contributed by atoms with Crippen LogP contribution in [0.4, 0.5) is 0 Å². The van der Waals surface area contributed by atoms with E-state index in [1.165, 1.54) is 38.5 Å². The van der Waals surface area contributed by atoms with Crippen molar-refractivity contribution in [3.63, 3.8) is 0 Å². The molecule has 2 aliphatic rings. The first-order valence-corrected chi connectivity index (χ1v) is 7.26. The third-order valence-corrected chi connectivity index (χ3v) is 4.37. The second-order valence-corrected chi connectivity index (χ2v) is 5.64. The Bertz CT molecular complexity index is 246. The molecule has 0 bridgehead atoms. The smallest absolute Gasteiger partial charge is 0.226 e. The average molecular weight is 275 g/mol. The Kier molecular flexibility index (Phi) is 7.02. The molecule has 2 fully saturated rings. The monoisotopic (exact) mass is 274 g/mol. The van der Waals surface area contributed by atoms with E-state index in [1.54, 1.807) is 0 Å². The van der Waals surface area contributed by atoms with Crippen LogP contribution >= 0.6 is 12.4 Å². The number of piperidine rings is 1. The third-order valence-electron chi connectivity index (χ3n) is 4.37. The number of nitrogens with zero attached hydrogens (tertiary/aromatic N) is 1. The highest BCUT2D eigenvalue weighted by atomic mass is 35.5. The van der Waals surface area contributed by atoms with Crippen LogP contribution < -0.4 is 5.32 Å². The fourth-order valence-corrected chi connectivity index (χ4v) is 3.18. The van der Waals surface area contributed by atoms with Gasteiger partial charge in [-0.1, -0.05) is 25.7 Å². The minimum Gasteiger partial charge on any atom is -0.342 e. The first-order chi connectivity index (χ1) is 8.29. The van der Waals surface area contributed by atoms with E-state index in [0.29, 0.717) is 11.9 Å². The molecular weight excluding hydrogens is 248 g/mol. The fourth-order valence-electron chi connectivity index (χ4n) is 3.18. The normalized spacial score (nSPS) is 25.9. The number of halogens is 1. The Morgan fingerprint density at radius 2 is 1.72 bits per heavy atom. The molecule has 2 rings (SSSR count). The number of nitrogens with one attached hydrogen (secondary N) is 1. The molecule has 4 heteroatoms. The van der Waals surface area contributed by atoms with Crippen LogP contribution in [0, 0.1) is 5.92 Å². The van der Waals surface area contributed by atoms with Gasteiger partial charge in [-0.3, -0.25) is 4.79 Å². The molecule has 0 aromatic carbocycles. The van der Waals surface area contributed by atoms with Crippen molar-refractivity contribution in [1.82, 2.24) is 10.2 Å². The highest BCUT2D eigenvalue weighted by molar-refractivity contribution is 5.85. The van der Waals surface area contributed by atoms with Crippen LogP contribution in [0.1, 0.15) is 51.4 Å². The Morgan fingerprint density at radius 3 is 2.28 bits per heavy atom. The molecule has 1 N–H and O–H groups in total. The van der Waals surface area contributed by atoms with Crippen LogP contribution in [-0.2, 0) is 4.79 Å². The van der Waals surface area contributed by atoms with Crippen molar-refractivity contribution in [3.8, 4) is 0 Å². The van der Waals surface area contributed by atoms with Gasteiger partial charge in [0.2, 0.25) is 5.91 Å². The molecule has 3 nitrogen and oxygen atoms in total. The van der Waals surface area contributed by atoms with E-state index in [-0.39, 0.29) is 18.3 Å². The van der Waals surface area contributed by atoms with Crippen molar-refractivity contribution < 1.29 is 4.79 Å². The standard InChI is InChI=1S/C14H26N2O.ClH/c1-16(13-8-4-2-3-5-9-13)14(17)12-7-6-10-15-11-12;/h12-13,15H,2-11H2,1H3;1H. The van der Waals surface area contributed by atoms with E-state index in [9.17, 15) is 4.79 Å². The molecule has 0 radical (unpaired) electrons. The number of carbonyl (C=O) groups excluding carboxylic acids is 1. The zero-order valence-corrected chi connectivity index (χ0v) is 12.3. The second-order valence-electron chi connectivity index (χ2n) is 5.64. The highest BCUT2D eigenvalue weighted by Gasteiger charge is 2.28. The number of hydrogen-bond acceptors (Lipinski definition) is 2. The van der Waals surface area contributed by atoms with Crippen LogP contribution in [0.25, 0.3) is 0 Å². The zero-order valence-electron chi connectivity index (χ0n) is 11.5. The van der Waals surface area contributed by atoms with E-state index >= 15 is 0 Å². The summed E-state index contributed by atoms with van der Waals surface area (Å²) in [5, 5.41) is 3.34. The molecule has 0 spiro atoms. The van der Waals surface area contributed by atoms with E-state index in [0.717, 1.165) is 25.9 Å². The zero-order chi connectivity index (χ0) is 12.1. The first-order valence-electron chi connectivity index (χ1n) is 7.26. The van der Waals surface area contributed by atoms with Crippen molar-refractivity contribution in [1.29, 1.82) is 0 Å². The molecule has 0 aromatic heterocycles. The predicted molar refractivity (Wildman–Crippen MR) is 77.1 cm³/mol. The van der Waals surface area contributed by atoms with Gasteiger partial charge in [0, 0.05) is 19.6 Å². The fraction of sp³-hybridized carbons (Fsp3) is 0.929. The quantitative estimate of drug-likeness (QED) is 0.785. The molecule has 1 saturated carbocycles. The number of rotatable bonds is 2. The maximum atomic E-state index is 12.4. The maximum absolute atomic E-state index is 12.4. The SMILES string of the molecule is CN(C(=O)C1CCCNC1)C1CCCCCC1.Cl. The van der Waals surface area contributed by atoms with Crippen molar-refractivity contribution >= 4 is 18.3 Å². The van der Waals surface area contributed by atoms with Crippen LogP contribution in [-0.4, -0.2) is 37.0 Å². The van der Waals surface area contributed by atoms with E-state index in [4.69, 9.17) is 0 Å². The van der Waals surface area contributed by atoms with Gasteiger partial charge in [0.05, 0.1) is 5.92 Å². The van der Waals surface area contributed by atoms with Gasteiger partial charge >= 0.3 is 0 Å². The lowest BCUT2D eigenvalue weighted by molar-refractivity contribution is -0.137. The highest BCUT2D eigenvalue weighted by Crippen LogP contribution is 2.23. The van der Waals surface area contributed by atoms with E-state index < -0.39 is 0 Å². The molecule has 106 valence electrons. The van der Waals surface area contributed by atoms with Gasteiger partial charge in [-0.05, 0) is 32.2 Å². The molecule has 1 unspecified atom stereocenters. The molecule has 18 heavy (non-hydrogen) atoms. The minimum atomic E-state index is 0. The molecule has 0 aromatic rings. The summed E-state index contributed by atoms with van der Waals surface area (Å²) in [6.07, 6.45) is 9.94. The summed E-state index contributed by atoms with van der Waals surface area (Å²) in [6, 6.07) is 0.506. The van der Waals surface area contributed by atoms with Gasteiger partial charge in [-0.15, -0.1) is 12.4 Å². The summed E-state index contributed by atoms with van der Waals surface area (Å²) in [7, 11) is 2.02. The first kappa shape index (κ1) is 15.8. The largest absolute Gasteiger partial charge is 0.342 e. The summed E-state index contributed by atoms with van der Waals surface area (Å²) in [5.74, 6) is 0.612. The summed E-state index contributed by atoms with van der Waals surface area (Å²) < 4.78 is 0. The molecule has 1 aliphatic carbocycles. The van der Waals surface area contributed by atoms with Gasteiger partial charge in [-0.25, -0.2) is 0 Å². The topological polar surface area (TPSA) is 32.3 Å². The van der Waals surface area contributed by atoms with Crippen LogP contribution in [0.2, 0.25) is 0 Å². The predicted octanol–water partition coefficient (Wildman–Crippen LogP) is 2.59. The van der Waals surface area contributed by atoms with Crippen LogP contribution in [0.5, 0.6) is 0 Å². The number of carbonyl (C=O) groups is 1. The van der Waals surface area contributed by atoms with Gasteiger partial charge < -0.3 is 10.2 Å². The Morgan fingerprint density at radius 1 is 1.06 bits per heavy atom. The molecule has 1 aliphatic heterocycles. The average Bonchev–Trinajstić information content (AvgIpc) is 2.67. The van der Waals surface area contributed by atoms with Crippen LogP contribution in [0.15, 0.2) is 0 Å². The summed E-state index contributed by atoms with van der Waals surface area (Å²) >= 11 is 0. The van der Waals surface area contributed by atoms with Crippen molar-refractivity contribution in [2.75, 3.05) is 20.1 Å². The molecule has 1 atom stereocenters. The lowest BCUT2D eigenvalue weighted by Crippen LogP contribution is -2.45. The number of amides is 1. The maximum Gasteiger partial charge on any atom is 0.226 e. The summed E-state index contributed by atoms with van der Waals surface area (Å²) in [6.45, 7) is 1.97. The van der Waals surface area contributed by atoms with Crippen molar-refractivity contribution in [2.24, 2.45) is 5.92 Å². The lowest BCUT2D eigenvalue weighted by atomic mass is 9.96.